The van der Waals surface area contributed by atoms with Crippen molar-refractivity contribution < 1.29 is 9.59 Å². The number of halogens is 1. The van der Waals surface area contributed by atoms with Gasteiger partial charge in [-0.05, 0) is 42.3 Å². The van der Waals surface area contributed by atoms with Crippen molar-refractivity contribution in [3.63, 3.8) is 0 Å². The minimum absolute atomic E-state index is 0.148. The number of nitrogens with two attached hydrogens (primary N) is 1. The molecule has 0 unspecified atom stereocenters. The average Bonchev–Trinajstić information content (AvgIpc) is 2.69. The lowest BCUT2D eigenvalue weighted by Crippen LogP contribution is -2.16. The molecule has 4 nitrogen and oxygen atoms in total. The van der Waals surface area contributed by atoms with Gasteiger partial charge in [0.1, 0.15) is 0 Å². The van der Waals surface area contributed by atoms with E-state index in [0.29, 0.717) is 35.3 Å². The molecule has 0 spiro atoms. The van der Waals surface area contributed by atoms with Crippen molar-refractivity contribution >= 4 is 39.0 Å². The van der Waals surface area contributed by atoms with Crippen LogP contribution in [-0.2, 0) is 11.2 Å². The minimum atomic E-state index is -0.175. The number of ketones is 1. The smallest absolute Gasteiger partial charge is 0.224 e. The minimum Gasteiger partial charge on any atom is -0.399 e. The molecule has 0 atom stereocenters. The number of amides is 1. The Labute approximate surface area is 166 Å². The van der Waals surface area contributed by atoms with E-state index in [-0.39, 0.29) is 11.7 Å². The molecule has 0 aliphatic heterocycles. The van der Waals surface area contributed by atoms with Gasteiger partial charge in [0.05, 0.1) is 5.69 Å². The molecule has 0 radical (unpaired) electrons. The van der Waals surface area contributed by atoms with Crippen LogP contribution < -0.4 is 11.1 Å². The van der Waals surface area contributed by atoms with Crippen LogP contribution in [0.1, 0.15) is 27.9 Å². The van der Waals surface area contributed by atoms with Gasteiger partial charge < -0.3 is 11.1 Å². The number of carbonyl (C=O) groups excluding carboxylic acids is 2. The zero-order chi connectivity index (χ0) is 19.2. The molecule has 3 N–H and O–H groups in total. The normalized spacial score (nSPS) is 10.4. The van der Waals surface area contributed by atoms with Gasteiger partial charge in [-0.15, -0.1) is 0 Å². The molecule has 5 heteroatoms. The van der Waals surface area contributed by atoms with Crippen LogP contribution in [0.25, 0.3) is 0 Å². The first-order valence-electron chi connectivity index (χ1n) is 8.56. The topological polar surface area (TPSA) is 72.2 Å². The lowest BCUT2D eigenvalue weighted by Gasteiger charge is -2.12. The lowest BCUT2D eigenvalue weighted by molar-refractivity contribution is -0.116. The predicted molar refractivity (Wildman–Crippen MR) is 112 cm³/mol. The second kappa shape index (κ2) is 8.64. The van der Waals surface area contributed by atoms with Crippen molar-refractivity contribution in [3.05, 3.63) is 94.0 Å². The number of anilines is 2. The van der Waals surface area contributed by atoms with Crippen molar-refractivity contribution in [2.75, 3.05) is 11.1 Å². The van der Waals surface area contributed by atoms with Crippen LogP contribution in [0.4, 0.5) is 11.4 Å². The van der Waals surface area contributed by atoms with Crippen LogP contribution in [0.3, 0.4) is 0 Å². The molecule has 3 rings (SSSR count). The van der Waals surface area contributed by atoms with E-state index in [1.807, 2.05) is 30.3 Å². The fourth-order valence-corrected chi connectivity index (χ4v) is 2.99. The molecule has 27 heavy (non-hydrogen) atoms. The monoisotopic (exact) mass is 422 g/mol. The maximum Gasteiger partial charge on any atom is 0.224 e. The SMILES string of the molecule is Nc1ccc(NC(=O)CCc2ccc(Br)cc2)c(C(=O)c2ccccc2)c1. The van der Waals surface area contributed by atoms with E-state index in [0.717, 1.165) is 10.0 Å². The summed E-state index contributed by atoms with van der Waals surface area (Å²) in [5.41, 5.74) is 8.81. The summed E-state index contributed by atoms with van der Waals surface area (Å²) < 4.78 is 1.00. The number of nitrogens with one attached hydrogen (secondary N) is 1. The van der Waals surface area contributed by atoms with Crippen LogP contribution >= 0.6 is 15.9 Å². The largest absolute Gasteiger partial charge is 0.399 e. The van der Waals surface area contributed by atoms with Crippen molar-refractivity contribution in [2.45, 2.75) is 12.8 Å². The Morgan fingerprint density at radius 1 is 0.926 bits per heavy atom. The highest BCUT2D eigenvalue weighted by Crippen LogP contribution is 2.23. The standard InChI is InChI=1S/C22H19BrN2O2/c23-17-9-6-15(7-10-17)8-13-21(26)25-20-12-11-18(24)14-19(20)22(27)16-4-2-1-3-5-16/h1-7,9-12,14H,8,13,24H2,(H,25,26). The van der Waals surface area contributed by atoms with E-state index < -0.39 is 0 Å². The van der Waals surface area contributed by atoms with E-state index in [1.54, 1.807) is 42.5 Å². The fourth-order valence-electron chi connectivity index (χ4n) is 2.73. The number of nitrogen functional groups attached to an aromatic ring is 1. The fraction of sp³-hybridized carbons (Fsp3) is 0.0909. The molecule has 0 fully saturated rings. The maximum absolute atomic E-state index is 12.8. The summed E-state index contributed by atoms with van der Waals surface area (Å²) in [6.07, 6.45) is 0.945. The van der Waals surface area contributed by atoms with Gasteiger partial charge in [-0.3, -0.25) is 9.59 Å². The highest BCUT2D eigenvalue weighted by atomic mass is 79.9. The Morgan fingerprint density at radius 3 is 2.33 bits per heavy atom. The van der Waals surface area contributed by atoms with Crippen LogP contribution in [-0.4, -0.2) is 11.7 Å². The van der Waals surface area contributed by atoms with Crippen LogP contribution in [0.5, 0.6) is 0 Å². The summed E-state index contributed by atoms with van der Waals surface area (Å²) in [5, 5.41) is 2.85. The molecule has 0 aliphatic carbocycles. The average molecular weight is 423 g/mol. The van der Waals surface area contributed by atoms with Gasteiger partial charge in [0.15, 0.2) is 5.78 Å². The van der Waals surface area contributed by atoms with Crippen molar-refractivity contribution in [3.8, 4) is 0 Å². The summed E-state index contributed by atoms with van der Waals surface area (Å²) in [4.78, 5) is 25.2. The van der Waals surface area contributed by atoms with Crippen molar-refractivity contribution in [2.24, 2.45) is 0 Å². The maximum atomic E-state index is 12.8. The Bertz CT molecular complexity index is 954. The van der Waals surface area contributed by atoms with Gasteiger partial charge in [0, 0.05) is 27.7 Å². The Hall–Kier alpha value is -2.92. The number of carbonyl (C=O) groups is 2. The number of hydrogen-bond donors (Lipinski definition) is 2. The molecule has 0 saturated carbocycles. The lowest BCUT2D eigenvalue weighted by atomic mass is 10.0. The molecule has 0 aromatic heterocycles. The van der Waals surface area contributed by atoms with Crippen LogP contribution in [0, 0.1) is 0 Å². The van der Waals surface area contributed by atoms with Crippen molar-refractivity contribution in [1.29, 1.82) is 0 Å². The quantitative estimate of drug-likeness (QED) is 0.441. The number of aryl methyl sites for hydroxylation is 1. The summed E-state index contributed by atoms with van der Waals surface area (Å²) >= 11 is 3.39. The molecule has 136 valence electrons. The third-order valence-electron chi connectivity index (χ3n) is 4.15. The van der Waals surface area contributed by atoms with E-state index in [9.17, 15) is 9.59 Å². The van der Waals surface area contributed by atoms with Gasteiger partial charge in [-0.1, -0.05) is 58.4 Å². The Morgan fingerprint density at radius 2 is 1.63 bits per heavy atom. The highest BCUT2D eigenvalue weighted by Gasteiger charge is 2.15. The third kappa shape index (κ3) is 5.05. The van der Waals surface area contributed by atoms with Gasteiger partial charge in [-0.2, -0.15) is 0 Å². The second-order valence-electron chi connectivity index (χ2n) is 6.17. The molecule has 3 aromatic carbocycles. The third-order valence-corrected chi connectivity index (χ3v) is 4.68. The Kier molecular flexibility index (Phi) is 6.04. The van der Waals surface area contributed by atoms with E-state index in [4.69, 9.17) is 5.73 Å². The van der Waals surface area contributed by atoms with E-state index >= 15 is 0 Å². The zero-order valence-corrected chi connectivity index (χ0v) is 16.2. The molecule has 0 aliphatic rings. The zero-order valence-electron chi connectivity index (χ0n) is 14.6. The number of benzene rings is 3. The van der Waals surface area contributed by atoms with E-state index in [1.165, 1.54) is 0 Å². The number of hydrogen-bond acceptors (Lipinski definition) is 3. The Balaban J connectivity index is 1.73. The van der Waals surface area contributed by atoms with E-state index in [2.05, 4.69) is 21.2 Å². The summed E-state index contributed by atoms with van der Waals surface area (Å²) in [6, 6.07) is 21.7. The first-order valence-corrected chi connectivity index (χ1v) is 9.36. The molecular weight excluding hydrogens is 404 g/mol. The van der Waals surface area contributed by atoms with Gasteiger partial charge in [0.25, 0.3) is 0 Å². The van der Waals surface area contributed by atoms with Crippen LogP contribution in [0.15, 0.2) is 77.3 Å². The predicted octanol–water partition coefficient (Wildman–Crippen LogP) is 4.83. The summed E-state index contributed by atoms with van der Waals surface area (Å²) in [7, 11) is 0. The first kappa shape index (κ1) is 18.9. The molecule has 1 amide bonds. The number of rotatable bonds is 6. The van der Waals surface area contributed by atoms with Crippen molar-refractivity contribution in [1.82, 2.24) is 0 Å². The first-order chi connectivity index (χ1) is 13.0. The second-order valence-corrected chi connectivity index (χ2v) is 7.09. The van der Waals surface area contributed by atoms with Gasteiger partial charge >= 0.3 is 0 Å². The molecule has 0 heterocycles. The van der Waals surface area contributed by atoms with Gasteiger partial charge in [-0.25, -0.2) is 0 Å². The molecular formula is C22H19BrN2O2. The summed E-state index contributed by atoms with van der Waals surface area (Å²) in [6.45, 7) is 0. The molecule has 3 aromatic rings. The molecule has 0 bridgehead atoms. The summed E-state index contributed by atoms with van der Waals surface area (Å²) in [5.74, 6) is -0.323. The highest BCUT2D eigenvalue weighted by molar-refractivity contribution is 9.10. The van der Waals surface area contributed by atoms with Crippen LogP contribution in [0.2, 0.25) is 0 Å². The molecule has 0 saturated heterocycles. The van der Waals surface area contributed by atoms with Gasteiger partial charge in [0.2, 0.25) is 5.91 Å².